The molecule has 24 heavy (non-hydrogen) atoms. The molecule has 132 valence electrons. The zero-order valence-electron chi connectivity index (χ0n) is 14.1. The number of likely N-dealkylation sites (tertiary alicyclic amines) is 1. The number of imide groups is 1. The average Bonchev–Trinajstić information content (AvgIpc) is 2.74. The van der Waals surface area contributed by atoms with E-state index < -0.39 is 6.80 Å². The normalized spacial score (nSPS) is 26.0. The standard InChI is InChI=1S/C14H25N2O5PS.Na/c17-13-11-5-1-2-6-12(11)14(18)16(13)9-4-3-7-15-8-10-23-22(19,20)21;/h11-12,15H,1-10H2,(H2,19,20,21);/q;+1/p-1/t11-,12+;. The number of nitrogens with zero attached hydrogens (tertiary/aromatic N) is 1. The van der Waals surface area contributed by atoms with Gasteiger partial charge in [-0.05, 0) is 32.2 Å². The fraction of sp³-hybridized carbons (Fsp3) is 0.857. The molecule has 1 saturated heterocycles. The van der Waals surface area contributed by atoms with E-state index in [1.807, 2.05) is 0 Å². The molecule has 1 aliphatic carbocycles. The maximum atomic E-state index is 12.3. The van der Waals surface area contributed by atoms with Crippen molar-refractivity contribution in [1.29, 1.82) is 0 Å². The van der Waals surface area contributed by atoms with Crippen LogP contribution in [0.4, 0.5) is 0 Å². The fourth-order valence-corrected chi connectivity index (χ4v) is 4.76. The molecule has 2 fully saturated rings. The van der Waals surface area contributed by atoms with Crippen molar-refractivity contribution in [3.63, 3.8) is 0 Å². The van der Waals surface area contributed by atoms with E-state index in [1.165, 1.54) is 4.90 Å². The third-order valence-corrected chi connectivity index (χ3v) is 6.69. The number of unbranched alkanes of at least 4 members (excludes halogenated alkanes) is 1. The summed E-state index contributed by atoms with van der Waals surface area (Å²) in [6.45, 7) is -2.56. The first kappa shape index (κ1) is 22.6. The molecule has 0 aromatic heterocycles. The minimum Gasteiger partial charge on any atom is -0.770 e. The van der Waals surface area contributed by atoms with E-state index in [-0.39, 0.29) is 53.2 Å². The summed E-state index contributed by atoms with van der Waals surface area (Å²) < 4.78 is 10.5. The van der Waals surface area contributed by atoms with Crippen LogP contribution < -0.4 is 39.8 Å². The molecule has 0 aromatic rings. The van der Waals surface area contributed by atoms with Gasteiger partial charge in [0.25, 0.3) is 0 Å². The molecule has 0 radical (unpaired) electrons. The largest absolute Gasteiger partial charge is 1.00 e. The number of hydrogen-bond acceptors (Lipinski definition) is 6. The van der Waals surface area contributed by atoms with Crippen LogP contribution in [0, 0.1) is 11.8 Å². The Hall–Kier alpha value is 0.600. The second-order valence-corrected chi connectivity index (χ2v) is 9.85. The van der Waals surface area contributed by atoms with Gasteiger partial charge >= 0.3 is 29.6 Å². The van der Waals surface area contributed by atoms with Crippen molar-refractivity contribution in [1.82, 2.24) is 10.2 Å². The van der Waals surface area contributed by atoms with Crippen molar-refractivity contribution in [2.24, 2.45) is 11.8 Å². The minimum atomic E-state index is -4.22. The Balaban J connectivity index is 0.00000288. The van der Waals surface area contributed by atoms with Crippen LogP contribution in [0.15, 0.2) is 0 Å². The van der Waals surface area contributed by atoms with E-state index in [0.29, 0.717) is 36.8 Å². The Morgan fingerprint density at radius 3 is 2.29 bits per heavy atom. The fourth-order valence-electron chi connectivity index (χ4n) is 3.33. The molecule has 1 aliphatic heterocycles. The molecule has 7 nitrogen and oxygen atoms in total. The van der Waals surface area contributed by atoms with E-state index in [9.17, 15) is 19.0 Å². The molecule has 1 unspecified atom stereocenters. The van der Waals surface area contributed by atoms with Crippen molar-refractivity contribution < 1.29 is 53.5 Å². The average molecular weight is 386 g/mol. The van der Waals surface area contributed by atoms with Crippen molar-refractivity contribution in [3.8, 4) is 0 Å². The first-order valence-electron chi connectivity index (χ1n) is 8.14. The topological polar surface area (TPSA) is 110 Å². The summed E-state index contributed by atoms with van der Waals surface area (Å²) in [5, 5.41) is 3.08. The van der Waals surface area contributed by atoms with Crippen molar-refractivity contribution in [2.75, 3.05) is 25.4 Å². The summed E-state index contributed by atoms with van der Waals surface area (Å²) in [5.74, 6) is 0.167. The van der Waals surface area contributed by atoms with E-state index in [0.717, 1.165) is 38.5 Å². The van der Waals surface area contributed by atoms with Gasteiger partial charge in [-0.2, -0.15) is 0 Å². The van der Waals surface area contributed by atoms with Crippen molar-refractivity contribution in [3.05, 3.63) is 0 Å². The molecule has 0 spiro atoms. The molecule has 3 atom stereocenters. The second kappa shape index (κ2) is 10.7. The number of hydrogen-bond donors (Lipinski definition) is 2. The summed E-state index contributed by atoms with van der Waals surface area (Å²) in [6.07, 6.45) is 5.33. The van der Waals surface area contributed by atoms with Crippen LogP contribution in [0.25, 0.3) is 0 Å². The summed E-state index contributed by atoms with van der Waals surface area (Å²) >= 11 is 0.525. The molecule has 2 rings (SSSR count). The Morgan fingerprint density at radius 2 is 1.75 bits per heavy atom. The number of fused-ring (bicyclic) bond motifs is 1. The van der Waals surface area contributed by atoms with Gasteiger partial charge in [-0.25, -0.2) is 0 Å². The third kappa shape index (κ3) is 6.72. The molecule has 0 aromatic carbocycles. The first-order chi connectivity index (χ1) is 10.9. The van der Waals surface area contributed by atoms with Gasteiger partial charge in [0.1, 0.15) is 0 Å². The van der Waals surface area contributed by atoms with Crippen LogP contribution >= 0.6 is 18.2 Å². The van der Waals surface area contributed by atoms with Gasteiger partial charge in [-0.15, -0.1) is 0 Å². The van der Waals surface area contributed by atoms with Crippen LogP contribution in [0.1, 0.15) is 38.5 Å². The number of carbonyl (C=O) groups excluding carboxylic acids is 2. The van der Waals surface area contributed by atoms with E-state index in [2.05, 4.69) is 5.32 Å². The predicted octanol–water partition coefficient (Wildman–Crippen LogP) is -2.27. The molecule has 2 N–H and O–H groups in total. The summed E-state index contributed by atoms with van der Waals surface area (Å²) in [4.78, 5) is 45.1. The molecular formula is C14H24N2NaO5PS. The van der Waals surface area contributed by atoms with Crippen molar-refractivity contribution >= 4 is 30.0 Å². The number of carbonyl (C=O) groups is 2. The Morgan fingerprint density at radius 1 is 1.17 bits per heavy atom. The van der Waals surface area contributed by atoms with Crippen LogP contribution in [-0.2, 0) is 14.2 Å². The monoisotopic (exact) mass is 386 g/mol. The summed E-state index contributed by atoms with van der Waals surface area (Å²) in [7, 11) is 0. The molecule has 1 saturated carbocycles. The van der Waals surface area contributed by atoms with Gasteiger partial charge in [0.2, 0.25) is 11.8 Å². The second-order valence-electron chi connectivity index (χ2n) is 6.08. The van der Waals surface area contributed by atoms with Gasteiger partial charge in [0.05, 0.1) is 11.8 Å². The zero-order valence-corrected chi connectivity index (χ0v) is 17.8. The third-order valence-electron chi connectivity index (χ3n) is 4.45. The summed E-state index contributed by atoms with van der Waals surface area (Å²) in [6, 6.07) is 0. The van der Waals surface area contributed by atoms with Crippen LogP contribution in [0.2, 0.25) is 0 Å². The van der Waals surface area contributed by atoms with Gasteiger partial charge < -0.3 is 15.1 Å². The maximum absolute atomic E-state index is 12.3. The van der Waals surface area contributed by atoms with E-state index in [1.54, 1.807) is 0 Å². The Labute approximate surface area is 168 Å². The molecule has 0 bridgehead atoms. The van der Waals surface area contributed by atoms with Crippen LogP contribution in [0.3, 0.4) is 0 Å². The SMILES string of the molecule is O=C1[C@H]2CCCC[C@H]2C(=O)N1CCCCNCCSP(=O)([O-])O.[Na+]. The van der Waals surface area contributed by atoms with Crippen molar-refractivity contribution in [2.45, 2.75) is 38.5 Å². The minimum absolute atomic E-state index is 0. The number of nitrogens with one attached hydrogen (secondary N) is 1. The molecular weight excluding hydrogens is 362 g/mol. The van der Waals surface area contributed by atoms with E-state index >= 15 is 0 Å². The molecule has 2 amide bonds. The van der Waals surface area contributed by atoms with Gasteiger partial charge in [0.15, 0.2) is 6.80 Å². The quantitative estimate of drug-likeness (QED) is 0.199. The van der Waals surface area contributed by atoms with E-state index in [4.69, 9.17) is 4.89 Å². The zero-order chi connectivity index (χ0) is 16.9. The number of amides is 2. The van der Waals surface area contributed by atoms with Crippen LogP contribution in [0.5, 0.6) is 0 Å². The van der Waals surface area contributed by atoms with Gasteiger partial charge in [-0.1, -0.05) is 24.2 Å². The smallest absolute Gasteiger partial charge is 0.770 e. The Kier molecular flexibility index (Phi) is 10.1. The summed E-state index contributed by atoms with van der Waals surface area (Å²) in [5.41, 5.74) is 0. The van der Waals surface area contributed by atoms with Gasteiger partial charge in [-0.3, -0.25) is 19.1 Å². The first-order valence-corrected chi connectivity index (χ1v) is 11.3. The van der Waals surface area contributed by atoms with Gasteiger partial charge in [0, 0.05) is 18.8 Å². The predicted molar refractivity (Wildman–Crippen MR) is 86.6 cm³/mol. The van der Waals surface area contributed by atoms with Crippen LogP contribution in [-0.4, -0.2) is 47.0 Å². The molecule has 10 heteroatoms. The molecule has 1 heterocycles. The Bertz CT molecular complexity index is 466. The maximum Gasteiger partial charge on any atom is 1.00 e. The molecule has 2 aliphatic rings. The number of rotatable bonds is 9.